The van der Waals surface area contributed by atoms with Crippen molar-refractivity contribution in [1.82, 2.24) is 5.32 Å². The minimum Gasteiger partial charge on any atom is -0.379 e. The topological polar surface area (TPSA) is 54.3 Å². The van der Waals surface area contributed by atoms with E-state index < -0.39 is 5.54 Å². The summed E-state index contributed by atoms with van der Waals surface area (Å²) in [6, 6.07) is 2.88. The zero-order valence-corrected chi connectivity index (χ0v) is 10.3. The Labute approximate surface area is 97.9 Å². The van der Waals surface area contributed by atoms with E-state index in [1.54, 1.807) is 0 Å². The highest BCUT2D eigenvalue weighted by molar-refractivity contribution is 5.06. The molecule has 0 spiro atoms. The van der Waals surface area contributed by atoms with Gasteiger partial charge >= 0.3 is 0 Å². The third-order valence-corrected chi connectivity index (χ3v) is 2.67. The lowest BCUT2D eigenvalue weighted by atomic mass is 10.0. The van der Waals surface area contributed by atoms with E-state index in [2.05, 4.69) is 11.4 Å². The van der Waals surface area contributed by atoms with Crippen molar-refractivity contribution in [3.05, 3.63) is 0 Å². The van der Waals surface area contributed by atoms with Crippen molar-refractivity contribution in [2.24, 2.45) is 0 Å². The summed E-state index contributed by atoms with van der Waals surface area (Å²) >= 11 is 0. The number of nitriles is 1. The Bertz CT molecular complexity index is 236. The first-order valence-corrected chi connectivity index (χ1v) is 6.04. The SMILES string of the molecule is CCOCCOCCC(C)(C#N)NC1CC1. The second-order valence-corrected chi connectivity index (χ2v) is 4.42. The highest BCUT2D eigenvalue weighted by atomic mass is 16.5. The number of hydrogen-bond donors (Lipinski definition) is 1. The fourth-order valence-electron chi connectivity index (χ4n) is 1.48. The molecule has 1 atom stereocenters. The van der Waals surface area contributed by atoms with Gasteiger partial charge in [-0.3, -0.25) is 5.32 Å². The van der Waals surface area contributed by atoms with E-state index in [1.165, 1.54) is 12.8 Å². The van der Waals surface area contributed by atoms with Gasteiger partial charge < -0.3 is 9.47 Å². The maximum absolute atomic E-state index is 9.11. The second kappa shape index (κ2) is 6.85. The van der Waals surface area contributed by atoms with Crippen molar-refractivity contribution >= 4 is 0 Å². The quantitative estimate of drug-likeness (QED) is 0.605. The summed E-state index contributed by atoms with van der Waals surface area (Å²) in [6.07, 6.45) is 3.12. The van der Waals surface area contributed by atoms with Crippen molar-refractivity contribution in [3.8, 4) is 6.07 Å². The van der Waals surface area contributed by atoms with Gasteiger partial charge in [-0.05, 0) is 26.7 Å². The van der Waals surface area contributed by atoms with Crippen LogP contribution in [-0.2, 0) is 9.47 Å². The Morgan fingerprint density at radius 2 is 2.00 bits per heavy atom. The monoisotopic (exact) mass is 226 g/mol. The van der Waals surface area contributed by atoms with Gasteiger partial charge in [0, 0.05) is 25.7 Å². The van der Waals surface area contributed by atoms with Gasteiger partial charge in [-0.25, -0.2) is 0 Å². The Kier molecular flexibility index (Phi) is 5.75. The molecule has 0 heterocycles. The smallest absolute Gasteiger partial charge is 0.106 e. The maximum Gasteiger partial charge on any atom is 0.106 e. The van der Waals surface area contributed by atoms with Crippen molar-refractivity contribution < 1.29 is 9.47 Å². The molecule has 4 nitrogen and oxygen atoms in total. The molecule has 4 heteroatoms. The molecular formula is C12H22N2O2. The van der Waals surface area contributed by atoms with Crippen molar-refractivity contribution in [2.75, 3.05) is 26.4 Å². The number of rotatable bonds is 9. The van der Waals surface area contributed by atoms with Crippen LogP contribution < -0.4 is 5.32 Å². The van der Waals surface area contributed by atoms with Crippen LogP contribution in [0.5, 0.6) is 0 Å². The van der Waals surface area contributed by atoms with E-state index in [0.29, 0.717) is 25.9 Å². The van der Waals surface area contributed by atoms with Crippen LogP contribution in [0.1, 0.15) is 33.1 Å². The van der Waals surface area contributed by atoms with Crippen LogP contribution in [0.15, 0.2) is 0 Å². The van der Waals surface area contributed by atoms with Crippen LogP contribution in [0.3, 0.4) is 0 Å². The van der Waals surface area contributed by atoms with E-state index in [4.69, 9.17) is 14.7 Å². The summed E-state index contributed by atoms with van der Waals surface area (Å²) in [5.41, 5.74) is -0.438. The Morgan fingerprint density at radius 3 is 2.56 bits per heavy atom. The van der Waals surface area contributed by atoms with Gasteiger partial charge in [0.15, 0.2) is 0 Å². The van der Waals surface area contributed by atoms with Crippen LogP contribution in [0, 0.1) is 11.3 Å². The zero-order valence-electron chi connectivity index (χ0n) is 10.3. The minimum absolute atomic E-state index is 0.438. The highest BCUT2D eigenvalue weighted by Crippen LogP contribution is 2.23. The van der Waals surface area contributed by atoms with Crippen molar-refractivity contribution in [2.45, 2.75) is 44.7 Å². The summed E-state index contributed by atoms with van der Waals surface area (Å²) in [5.74, 6) is 0. The molecule has 0 bridgehead atoms. The molecule has 1 N–H and O–H groups in total. The molecule has 1 aliphatic carbocycles. The summed E-state index contributed by atoms with van der Waals surface area (Å²) < 4.78 is 10.6. The predicted octanol–water partition coefficient (Wildman–Crippen LogP) is 1.46. The lowest BCUT2D eigenvalue weighted by Crippen LogP contribution is -2.43. The number of hydrogen-bond acceptors (Lipinski definition) is 4. The molecule has 0 aromatic carbocycles. The fraction of sp³-hybridized carbons (Fsp3) is 0.917. The number of ether oxygens (including phenoxy) is 2. The molecule has 0 radical (unpaired) electrons. The first-order valence-electron chi connectivity index (χ1n) is 6.04. The van der Waals surface area contributed by atoms with Gasteiger partial charge in [-0.2, -0.15) is 5.26 Å². The molecule has 1 unspecified atom stereocenters. The lowest BCUT2D eigenvalue weighted by molar-refractivity contribution is 0.0470. The molecule has 0 amide bonds. The van der Waals surface area contributed by atoms with E-state index in [9.17, 15) is 0 Å². The molecule has 92 valence electrons. The lowest BCUT2D eigenvalue weighted by Gasteiger charge is -2.23. The number of nitrogens with zero attached hydrogens (tertiary/aromatic N) is 1. The molecule has 0 aromatic heterocycles. The normalized spacial score (nSPS) is 19.1. The van der Waals surface area contributed by atoms with Crippen LogP contribution in [0.4, 0.5) is 0 Å². The van der Waals surface area contributed by atoms with E-state index >= 15 is 0 Å². The van der Waals surface area contributed by atoms with Crippen molar-refractivity contribution in [3.63, 3.8) is 0 Å². The van der Waals surface area contributed by atoms with Gasteiger partial charge in [0.2, 0.25) is 0 Å². The second-order valence-electron chi connectivity index (χ2n) is 4.42. The largest absolute Gasteiger partial charge is 0.379 e. The Balaban J connectivity index is 2.06. The molecule has 1 saturated carbocycles. The van der Waals surface area contributed by atoms with Gasteiger partial charge in [0.05, 0.1) is 19.3 Å². The molecule has 0 saturated heterocycles. The van der Waals surface area contributed by atoms with Gasteiger partial charge in [0.1, 0.15) is 5.54 Å². The standard InChI is InChI=1S/C12H22N2O2/c1-3-15-8-9-16-7-6-12(2,10-13)14-11-4-5-11/h11,14H,3-9H2,1-2H3. The fourth-order valence-corrected chi connectivity index (χ4v) is 1.48. The average molecular weight is 226 g/mol. The van der Waals surface area contributed by atoms with Gasteiger partial charge in [0.25, 0.3) is 0 Å². The summed E-state index contributed by atoms with van der Waals surface area (Å²) in [5, 5.41) is 12.5. The third kappa shape index (κ3) is 5.45. The molecule has 1 rings (SSSR count). The summed E-state index contributed by atoms with van der Waals surface area (Å²) in [6.45, 7) is 6.48. The molecule has 0 aromatic rings. The first-order chi connectivity index (χ1) is 7.70. The molecule has 0 aliphatic heterocycles. The minimum atomic E-state index is -0.438. The zero-order chi connectivity index (χ0) is 11.9. The van der Waals surface area contributed by atoms with Crippen LogP contribution in [0.2, 0.25) is 0 Å². The maximum atomic E-state index is 9.11. The van der Waals surface area contributed by atoms with Crippen LogP contribution in [-0.4, -0.2) is 38.0 Å². The molecule has 1 aliphatic rings. The van der Waals surface area contributed by atoms with Crippen LogP contribution >= 0.6 is 0 Å². The van der Waals surface area contributed by atoms with E-state index in [0.717, 1.165) is 13.0 Å². The molecule has 1 fully saturated rings. The Morgan fingerprint density at radius 1 is 1.31 bits per heavy atom. The van der Waals surface area contributed by atoms with Gasteiger partial charge in [-0.1, -0.05) is 0 Å². The highest BCUT2D eigenvalue weighted by Gasteiger charge is 2.32. The van der Waals surface area contributed by atoms with E-state index in [-0.39, 0.29) is 0 Å². The average Bonchev–Trinajstić information content (AvgIpc) is 3.07. The Hall–Kier alpha value is -0.630. The van der Waals surface area contributed by atoms with Crippen molar-refractivity contribution in [1.29, 1.82) is 5.26 Å². The van der Waals surface area contributed by atoms with Gasteiger partial charge in [-0.15, -0.1) is 0 Å². The molecular weight excluding hydrogens is 204 g/mol. The molecule has 16 heavy (non-hydrogen) atoms. The summed E-state index contributed by atoms with van der Waals surface area (Å²) in [7, 11) is 0. The van der Waals surface area contributed by atoms with E-state index in [1.807, 2.05) is 13.8 Å². The third-order valence-electron chi connectivity index (χ3n) is 2.67. The summed E-state index contributed by atoms with van der Waals surface area (Å²) in [4.78, 5) is 0. The first kappa shape index (κ1) is 13.4. The van der Waals surface area contributed by atoms with Crippen LogP contribution in [0.25, 0.3) is 0 Å². The number of nitrogens with one attached hydrogen (secondary N) is 1. The predicted molar refractivity (Wildman–Crippen MR) is 62.1 cm³/mol.